The second-order valence-electron chi connectivity index (χ2n) is 4.36. The molecule has 1 aliphatic rings. The highest BCUT2D eigenvalue weighted by Gasteiger charge is 2.15. The van der Waals surface area contributed by atoms with Crippen LogP contribution in [0.1, 0.15) is 58.3 Å². The van der Waals surface area contributed by atoms with Crippen molar-refractivity contribution in [3.8, 4) is 0 Å². The Morgan fingerprint density at radius 1 is 1.06 bits per heavy atom. The fourth-order valence-corrected chi connectivity index (χ4v) is 1.78. The largest absolute Gasteiger partial charge is 0.292 e. The van der Waals surface area contributed by atoms with Gasteiger partial charge >= 0.3 is 0 Å². The predicted octanol–water partition coefficient (Wildman–Crippen LogP) is 3.57. The number of allylic oxidation sites excluding steroid dienone is 1. The van der Waals surface area contributed by atoms with Crippen molar-refractivity contribution in [2.45, 2.75) is 58.3 Å². The molecule has 1 amide bonds. The highest BCUT2D eigenvalue weighted by atomic mass is 16.2. The lowest BCUT2D eigenvalue weighted by Crippen LogP contribution is -1.99. The van der Waals surface area contributed by atoms with Crippen molar-refractivity contribution in [2.75, 3.05) is 0 Å². The van der Waals surface area contributed by atoms with Gasteiger partial charge in [-0.3, -0.25) is 9.59 Å². The van der Waals surface area contributed by atoms with Crippen molar-refractivity contribution in [1.82, 2.24) is 0 Å². The first-order valence-electron chi connectivity index (χ1n) is 6.44. The number of carbonyl (C=O) groups excluding carboxylic acids is 2. The summed E-state index contributed by atoms with van der Waals surface area (Å²) < 4.78 is 0. The number of amides is 1. The van der Waals surface area contributed by atoms with E-state index in [4.69, 9.17) is 0 Å². The molecule has 0 radical (unpaired) electrons. The molecule has 1 rings (SSSR count). The van der Waals surface area contributed by atoms with E-state index in [2.05, 4.69) is 17.2 Å². The quantitative estimate of drug-likeness (QED) is 0.574. The van der Waals surface area contributed by atoms with Crippen LogP contribution in [0.2, 0.25) is 0 Å². The summed E-state index contributed by atoms with van der Waals surface area (Å²) >= 11 is 0. The third-order valence-electron chi connectivity index (χ3n) is 2.81. The zero-order valence-corrected chi connectivity index (χ0v) is 10.4. The normalized spacial score (nSPS) is 14.2. The molecule has 0 aromatic rings. The molecular formula is C13H20N2O2. The lowest BCUT2D eigenvalue weighted by atomic mass is 10.1. The van der Waals surface area contributed by atoms with Crippen LogP contribution in [0.5, 0.6) is 0 Å². The second kappa shape index (κ2) is 7.87. The smallest absolute Gasteiger partial charge is 0.290 e. The van der Waals surface area contributed by atoms with Crippen LogP contribution in [-0.2, 0) is 9.59 Å². The van der Waals surface area contributed by atoms with Crippen LogP contribution in [0, 0.1) is 0 Å². The Morgan fingerprint density at radius 3 is 2.29 bits per heavy atom. The van der Waals surface area contributed by atoms with Gasteiger partial charge < -0.3 is 0 Å². The van der Waals surface area contributed by atoms with Crippen molar-refractivity contribution in [3.63, 3.8) is 0 Å². The van der Waals surface area contributed by atoms with Gasteiger partial charge in [-0.15, -0.1) is 10.2 Å². The van der Waals surface area contributed by atoms with Crippen LogP contribution in [0.3, 0.4) is 0 Å². The highest BCUT2D eigenvalue weighted by molar-refractivity contribution is 6.04. The number of hydrogen-bond donors (Lipinski definition) is 0. The fourth-order valence-electron chi connectivity index (χ4n) is 1.78. The molecule has 1 heterocycles. The van der Waals surface area contributed by atoms with E-state index in [-0.39, 0.29) is 11.5 Å². The van der Waals surface area contributed by atoms with Gasteiger partial charge in [-0.1, -0.05) is 45.4 Å². The van der Waals surface area contributed by atoms with Crippen LogP contribution in [0.25, 0.3) is 0 Å². The molecular weight excluding hydrogens is 216 g/mol. The first kappa shape index (κ1) is 13.7. The average molecular weight is 236 g/mol. The third-order valence-corrected chi connectivity index (χ3v) is 2.81. The molecule has 0 saturated heterocycles. The van der Waals surface area contributed by atoms with Crippen LogP contribution >= 0.6 is 0 Å². The van der Waals surface area contributed by atoms with Crippen LogP contribution in [0.4, 0.5) is 0 Å². The van der Waals surface area contributed by atoms with Gasteiger partial charge in [0.15, 0.2) is 5.78 Å². The molecule has 4 heteroatoms. The Bertz CT molecular complexity index is 332. The Labute approximate surface area is 102 Å². The lowest BCUT2D eigenvalue weighted by molar-refractivity contribution is -0.116. The number of ketones is 1. The highest BCUT2D eigenvalue weighted by Crippen LogP contribution is 2.14. The van der Waals surface area contributed by atoms with Gasteiger partial charge in [-0.05, 0) is 6.42 Å². The second-order valence-corrected chi connectivity index (χ2v) is 4.36. The van der Waals surface area contributed by atoms with Gasteiger partial charge in [-0.2, -0.15) is 0 Å². The summed E-state index contributed by atoms with van der Waals surface area (Å²) in [6.07, 6.45) is 9.93. The van der Waals surface area contributed by atoms with E-state index in [1.54, 1.807) is 0 Å². The predicted molar refractivity (Wildman–Crippen MR) is 65.6 cm³/mol. The molecule has 0 bridgehead atoms. The fraction of sp³-hybridized carbons (Fsp3) is 0.692. The number of Topliss-reactive ketones (excluding diaryl/α,β-unsaturated/α-hetero) is 1. The van der Waals surface area contributed by atoms with Gasteiger partial charge in [0.2, 0.25) is 0 Å². The summed E-state index contributed by atoms with van der Waals surface area (Å²) in [4.78, 5) is 22.3. The van der Waals surface area contributed by atoms with Crippen molar-refractivity contribution in [3.05, 3.63) is 11.8 Å². The molecule has 1 aliphatic heterocycles. The minimum atomic E-state index is -0.423. The van der Waals surface area contributed by atoms with Crippen molar-refractivity contribution >= 4 is 11.7 Å². The average Bonchev–Trinajstić information content (AvgIpc) is 2.74. The van der Waals surface area contributed by atoms with Crippen LogP contribution in [-0.4, -0.2) is 11.7 Å². The van der Waals surface area contributed by atoms with E-state index >= 15 is 0 Å². The topological polar surface area (TPSA) is 58.9 Å². The van der Waals surface area contributed by atoms with E-state index in [0.717, 1.165) is 12.8 Å². The van der Waals surface area contributed by atoms with Crippen molar-refractivity contribution in [1.29, 1.82) is 0 Å². The van der Waals surface area contributed by atoms with E-state index in [1.807, 2.05) is 0 Å². The molecule has 0 unspecified atom stereocenters. The molecule has 0 saturated carbocycles. The maximum Gasteiger partial charge on any atom is 0.290 e. The molecule has 0 aromatic carbocycles. The molecule has 0 aliphatic carbocycles. The number of rotatable bonds is 9. The summed E-state index contributed by atoms with van der Waals surface area (Å²) in [7, 11) is 0. The first-order chi connectivity index (χ1) is 8.24. The Balaban J connectivity index is 2.03. The standard InChI is InChI=1S/C13H20N2O2/c1-2-3-4-5-6-7-8-9-12(16)11-10-13(17)15-14-11/h10H,2-9H2,1H3. The molecule has 0 spiro atoms. The van der Waals surface area contributed by atoms with Crippen molar-refractivity contribution in [2.24, 2.45) is 10.2 Å². The van der Waals surface area contributed by atoms with Gasteiger partial charge in [0.1, 0.15) is 5.70 Å². The lowest BCUT2D eigenvalue weighted by Gasteiger charge is -2.00. The maximum absolute atomic E-state index is 11.6. The number of carbonyl (C=O) groups is 2. The van der Waals surface area contributed by atoms with Crippen LogP contribution in [0.15, 0.2) is 22.0 Å². The van der Waals surface area contributed by atoms with E-state index in [1.165, 1.54) is 38.2 Å². The minimum absolute atomic E-state index is 0.0619. The summed E-state index contributed by atoms with van der Waals surface area (Å²) in [5, 5.41) is 6.83. The first-order valence-corrected chi connectivity index (χ1v) is 6.44. The van der Waals surface area contributed by atoms with E-state index < -0.39 is 5.91 Å². The van der Waals surface area contributed by atoms with Gasteiger partial charge in [-0.25, -0.2) is 0 Å². The number of nitrogens with zero attached hydrogens (tertiary/aromatic N) is 2. The maximum atomic E-state index is 11.6. The van der Waals surface area contributed by atoms with Gasteiger partial charge in [0.25, 0.3) is 5.91 Å². The number of azo groups is 1. The van der Waals surface area contributed by atoms with E-state index in [9.17, 15) is 9.59 Å². The van der Waals surface area contributed by atoms with E-state index in [0.29, 0.717) is 6.42 Å². The Morgan fingerprint density at radius 2 is 1.71 bits per heavy atom. The minimum Gasteiger partial charge on any atom is -0.292 e. The molecule has 4 nitrogen and oxygen atoms in total. The summed E-state index contributed by atoms with van der Waals surface area (Å²) in [5.41, 5.74) is 0.223. The molecule has 94 valence electrons. The monoisotopic (exact) mass is 236 g/mol. The zero-order chi connectivity index (χ0) is 12.5. The SMILES string of the molecule is CCCCCCCCCC(=O)C1=CC(=O)N=N1. The Kier molecular flexibility index (Phi) is 6.37. The summed E-state index contributed by atoms with van der Waals surface area (Å²) in [6.45, 7) is 2.20. The molecule has 0 atom stereocenters. The number of hydrogen-bond acceptors (Lipinski definition) is 3. The molecule has 17 heavy (non-hydrogen) atoms. The zero-order valence-electron chi connectivity index (χ0n) is 10.4. The molecule has 0 fully saturated rings. The summed E-state index contributed by atoms with van der Waals surface area (Å²) in [5.74, 6) is -0.485. The van der Waals surface area contributed by atoms with Crippen LogP contribution < -0.4 is 0 Å². The van der Waals surface area contributed by atoms with Gasteiger partial charge in [0.05, 0.1) is 0 Å². The van der Waals surface area contributed by atoms with Gasteiger partial charge in [0, 0.05) is 12.5 Å². The van der Waals surface area contributed by atoms with Crippen molar-refractivity contribution < 1.29 is 9.59 Å². The third kappa shape index (κ3) is 5.52. The molecule has 0 aromatic heterocycles. The molecule has 0 N–H and O–H groups in total. The Hall–Kier alpha value is -1.32. The number of unbranched alkanes of at least 4 members (excludes halogenated alkanes) is 6. The summed E-state index contributed by atoms with van der Waals surface area (Å²) in [6, 6.07) is 0.